The number of alkyl halides is 2. The molecule has 1 aromatic heterocycles. The van der Waals surface area contributed by atoms with Crippen LogP contribution >= 0.6 is 0 Å². The van der Waals surface area contributed by atoms with Gasteiger partial charge in [-0.2, -0.15) is 0 Å². The molecule has 0 bridgehead atoms. The third-order valence-corrected chi connectivity index (χ3v) is 5.59. The van der Waals surface area contributed by atoms with Gasteiger partial charge >= 0.3 is 6.09 Å². The summed E-state index contributed by atoms with van der Waals surface area (Å²) in [5.74, 6) is -2.94. The largest absolute Gasteiger partial charge is 0.444 e. The van der Waals surface area contributed by atoms with Crippen molar-refractivity contribution in [2.75, 3.05) is 31.1 Å². The fourth-order valence-corrected chi connectivity index (χ4v) is 3.98. The predicted octanol–water partition coefficient (Wildman–Crippen LogP) is 3.45. The Morgan fingerprint density at radius 2 is 1.90 bits per heavy atom. The van der Waals surface area contributed by atoms with Crippen LogP contribution in [0.2, 0.25) is 0 Å². The highest BCUT2D eigenvalue weighted by molar-refractivity contribution is 5.99. The number of hydrogen-bond donors (Lipinski definition) is 1. The van der Waals surface area contributed by atoms with Crippen molar-refractivity contribution in [3.8, 4) is 0 Å². The lowest BCUT2D eigenvalue weighted by Gasteiger charge is -2.40. The molecule has 2 fully saturated rings. The van der Waals surface area contributed by atoms with Crippen LogP contribution in [0.15, 0.2) is 6.20 Å². The van der Waals surface area contributed by atoms with Crippen LogP contribution in [-0.4, -0.2) is 59.6 Å². The Labute approximate surface area is 175 Å². The molecule has 2 aliphatic heterocycles. The molecule has 2 N–H and O–H groups in total. The maximum Gasteiger partial charge on any atom is 0.410 e. The molecular weight excluding hydrogens is 394 g/mol. The van der Waals surface area contributed by atoms with Crippen molar-refractivity contribution in [2.24, 2.45) is 5.73 Å². The molecular formula is C21H30F2N4O3. The molecule has 2 amide bonds. The first kappa shape index (κ1) is 22.2. The maximum atomic E-state index is 13.7. The van der Waals surface area contributed by atoms with Crippen LogP contribution in [0, 0.1) is 6.92 Å². The van der Waals surface area contributed by atoms with Gasteiger partial charge in [-0.25, -0.2) is 18.6 Å². The number of anilines is 1. The lowest BCUT2D eigenvalue weighted by Crippen LogP contribution is -2.50. The molecule has 0 spiro atoms. The van der Waals surface area contributed by atoms with Gasteiger partial charge in [-0.1, -0.05) is 0 Å². The van der Waals surface area contributed by atoms with Gasteiger partial charge in [-0.05, 0) is 45.2 Å². The second kappa shape index (κ2) is 8.00. The highest BCUT2D eigenvalue weighted by Gasteiger charge is 2.37. The number of nitrogens with zero attached hydrogens (tertiary/aromatic N) is 3. The van der Waals surface area contributed by atoms with Crippen molar-refractivity contribution < 1.29 is 23.1 Å². The summed E-state index contributed by atoms with van der Waals surface area (Å²) in [7, 11) is 0. The molecule has 0 aromatic carbocycles. The normalized spacial score (nSPS) is 19.8. The summed E-state index contributed by atoms with van der Waals surface area (Å²) >= 11 is 0. The van der Waals surface area contributed by atoms with E-state index >= 15 is 0 Å². The Morgan fingerprint density at radius 3 is 2.50 bits per heavy atom. The van der Waals surface area contributed by atoms with Gasteiger partial charge in [-0.15, -0.1) is 0 Å². The first-order chi connectivity index (χ1) is 13.9. The van der Waals surface area contributed by atoms with Gasteiger partial charge in [0, 0.05) is 51.1 Å². The molecule has 3 heterocycles. The monoisotopic (exact) mass is 424 g/mol. The zero-order valence-corrected chi connectivity index (χ0v) is 18.0. The first-order valence-electron chi connectivity index (χ1n) is 10.3. The molecule has 1 aromatic rings. The van der Waals surface area contributed by atoms with E-state index < -0.39 is 17.4 Å². The number of carbonyl (C=O) groups is 2. The van der Waals surface area contributed by atoms with E-state index in [-0.39, 0.29) is 37.0 Å². The van der Waals surface area contributed by atoms with E-state index in [2.05, 4.69) is 4.98 Å². The molecule has 2 aliphatic rings. The third kappa shape index (κ3) is 4.82. The van der Waals surface area contributed by atoms with E-state index in [1.54, 1.807) is 22.9 Å². The lowest BCUT2D eigenvalue weighted by molar-refractivity contribution is -0.0102. The number of carbonyl (C=O) groups excluding carboxylic acids is 2. The van der Waals surface area contributed by atoms with E-state index in [9.17, 15) is 18.4 Å². The van der Waals surface area contributed by atoms with Crippen molar-refractivity contribution >= 4 is 17.8 Å². The Bertz CT molecular complexity index is 832. The van der Waals surface area contributed by atoms with Gasteiger partial charge < -0.3 is 20.3 Å². The van der Waals surface area contributed by atoms with Gasteiger partial charge in [-0.3, -0.25) is 4.79 Å². The van der Waals surface area contributed by atoms with E-state index in [1.807, 2.05) is 20.8 Å². The summed E-state index contributed by atoms with van der Waals surface area (Å²) < 4.78 is 32.9. The molecule has 0 atom stereocenters. The van der Waals surface area contributed by atoms with Gasteiger partial charge in [0.15, 0.2) is 0 Å². The maximum absolute atomic E-state index is 13.7. The lowest BCUT2D eigenvalue weighted by atomic mass is 9.88. The minimum atomic E-state index is -2.70. The van der Waals surface area contributed by atoms with E-state index in [4.69, 9.17) is 10.5 Å². The van der Waals surface area contributed by atoms with E-state index in [1.165, 1.54) is 0 Å². The zero-order valence-electron chi connectivity index (χ0n) is 18.0. The Balaban J connectivity index is 1.78. The van der Waals surface area contributed by atoms with Crippen LogP contribution in [0.5, 0.6) is 0 Å². The minimum Gasteiger partial charge on any atom is -0.444 e. The molecule has 0 saturated carbocycles. The fraction of sp³-hybridized carbons (Fsp3) is 0.667. The van der Waals surface area contributed by atoms with Gasteiger partial charge in [0.25, 0.3) is 5.91 Å². The Hall–Kier alpha value is -2.45. The number of hydrogen-bond acceptors (Lipinski definition) is 5. The molecule has 3 rings (SSSR count). The molecule has 166 valence electrons. The predicted molar refractivity (Wildman–Crippen MR) is 109 cm³/mol. The number of likely N-dealkylation sites (tertiary alicyclic amines) is 1. The van der Waals surface area contributed by atoms with Crippen molar-refractivity contribution in [1.29, 1.82) is 0 Å². The number of ether oxygens (including phenoxy) is 1. The number of pyridine rings is 1. The average molecular weight is 424 g/mol. The van der Waals surface area contributed by atoms with Crippen LogP contribution in [-0.2, 0) is 4.74 Å². The summed E-state index contributed by atoms with van der Waals surface area (Å²) in [6.07, 6.45) is 1.18. The van der Waals surface area contributed by atoms with Gasteiger partial charge in [0.2, 0.25) is 5.92 Å². The number of rotatable bonds is 3. The van der Waals surface area contributed by atoms with Crippen LogP contribution in [0.25, 0.3) is 0 Å². The highest BCUT2D eigenvalue weighted by Crippen LogP contribution is 2.35. The van der Waals surface area contributed by atoms with Crippen molar-refractivity contribution in [1.82, 2.24) is 9.88 Å². The summed E-state index contributed by atoms with van der Waals surface area (Å²) in [6.45, 7) is 8.68. The molecule has 30 heavy (non-hydrogen) atoms. The van der Waals surface area contributed by atoms with Crippen molar-refractivity contribution in [3.05, 3.63) is 22.9 Å². The van der Waals surface area contributed by atoms with Crippen molar-refractivity contribution in [2.45, 2.75) is 64.4 Å². The van der Waals surface area contributed by atoms with Gasteiger partial charge in [0.1, 0.15) is 11.4 Å². The Morgan fingerprint density at radius 1 is 1.23 bits per heavy atom. The standard InChI is InChI=1S/C21H30F2N4O3/c1-13-15(14-11-27(12-14)19(29)30-20(2,3)4)10-25-18(16(13)17(24)28)26-8-5-6-21(22,23)7-9-26/h10,14H,5-9,11-12H2,1-4H3,(H2,24,28). The second-order valence-corrected chi connectivity index (χ2v) is 9.18. The minimum absolute atomic E-state index is 0.0191. The van der Waals surface area contributed by atoms with Crippen LogP contribution < -0.4 is 10.6 Å². The summed E-state index contributed by atoms with van der Waals surface area (Å²) in [5, 5.41) is 0. The fourth-order valence-electron chi connectivity index (χ4n) is 3.98. The number of aromatic nitrogens is 1. The van der Waals surface area contributed by atoms with Gasteiger partial charge in [0.05, 0.1) is 5.56 Å². The SMILES string of the molecule is Cc1c(C2CN(C(=O)OC(C)(C)C)C2)cnc(N2CCCC(F)(F)CC2)c1C(N)=O. The summed E-state index contributed by atoms with van der Waals surface area (Å²) in [5.41, 5.74) is 6.89. The van der Waals surface area contributed by atoms with Crippen LogP contribution in [0.1, 0.15) is 67.4 Å². The number of primary amides is 1. The number of halogens is 2. The first-order valence-corrected chi connectivity index (χ1v) is 10.3. The Kier molecular flexibility index (Phi) is 5.93. The quantitative estimate of drug-likeness (QED) is 0.803. The third-order valence-electron chi connectivity index (χ3n) is 5.59. The molecule has 2 saturated heterocycles. The zero-order chi connectivity index (χ0) is 22.3. The molecule has 0 radical (unpaired) electrons. The second-order valence-electron chi connectivity index (χ2n) is 9.18. The number of nitrogens with two attached hydrogens (primary N) is 1. The van der Waals surface area contributed by atoms with Crippen molar-refractivity contribution in [3.63, 3.8) is 0 Å². The smallest absolute Gasteiger partial charge is 0.410 e. The molecule has 9 heteroatoms. The highest BCUT2D eigenvalue weighted by atomic mass is 19.3. The topological polar surface area (TPSA) is 88.8 Å². The van der Waals surface area contributed by atoms with Crippen LogP contribution in [0.3, 0.4) is 0 Å². The summed E-state index contributed by atoms with van der Waals surface area (Å²) in [4.78, 5) is 32.2. The van der Waals surface area contributed by atoms with Crippen LogP contribution in [0.4, 0.5) is 19.4 Å². The molecule has 0 aliphatic carbocycles. The molecule has 0 unspecified atom stereocenters. The van der Waals surface area contributed by atoms with E-state index in [0.29, 0.717) is 37.4 Å². The summed E-state index contributed by atoms with van der Waals surface area (Å²) in [6, 6.07) is 0. The van der Waals surface area contributed by atoms with E-state index in [0.717, 1.165) is 5.56 Å². The molecule has 7 nitrogen and oxygen atoms in total. The number of amides is 2. The average Bonchev–Trinajstić information content (AvgIpc) is 2.73.